The summed E-state index contributed by atoms with van der Waals surface area (Å²) in [5, 5.41) is 10.3. The molecule has 1 aliphatic rings. The second kappa shape index (κ2) is 11.9. The van der Waals surface area contributed by atoms with Gasteiger partial charge < -0.3 is 23.9 Å². The lowest BCUT2D eigenvalue weighted by Gasteiger charge is -2.32. The summed E-state index contributed by atoms with van der Waals surface area (Å²) >= 11 is 0. The molecule has 1 unspecified atom stereocenters. The SMILES string of the molecule is CCOC(=O)CO/N=C(/C(=O)N1CCOC(COc2ccc(F)cc2C(C)=O)C1)c1ccn[nH]1. The van der Waals surface area contributed by atoms with E-state index in [0.29, 0.717) is 5.69 Å². The number of carbonyl (C=O) groups is 3. The number of ether oxygens (including phenoxy) is 3. The van der Waals surface area contributed by atoms with E-state index in [9.17, 15) is 18.8 Å². The van der Waals surface area contributed by atoms with Gasteiger partial charge in [0.15, 0.2) is 11.5 Å². The van der Waals surface area contributed by atoms with Crippen LogP contribution in [0.1, 0.15) is 29.9 Å². The second-order valence-corrected chi connectivity index (χ2v) is 7.24. The fourth-order valence-corrected chi connectivity index (χ4v) is 3.18. The van der Waals surface area contributed by atoms with Crippen LogP contribution in [0.5, 0.6) is 5.75 Å². The number of hydrogen-bond donors (Lipinski definition) is 1. The highest BCUT2D eigenvalue weighted by molar-refractivity contribution is 6.44. The smallest absolute Gasteiger partial charge is 0.347 e. The van der Waals surface area contributed by atoms with Gasteiger partial charge in [0.25, 0.3) is 5.91 Å². The van der Waals surface area contributed by atoms with Crippen molar-refractivity contribution in [2.75, 3.05) is 39.5 Å². The number of oxime groups is 1. The van der Waals surface area contributed by atoms with Gasteiger partial charge in [-0.25, -0.2) is 9.18 Å². The molecule has 2 heterocycles. The predicted molar refractivity (Wildman–Crippen MR) is 116 cm³/mol. The van der Waals surface area contributed by atoms with Crippen LogP contribution in [0.15, 0.2) is 35.6 Å². The summed E-state index contributed by atoms with van der Waals surface area (Å²) in [4.78, 5) is 43.0. The topological polar surface area (TPSA) is 132 Å². The fourth-order valence-electron chi connectivity index (χ4n) is 3.18. The first kappa shape index (κ1) is 24.8. The van der Waals surface area contributed by atoms with Gasteiger partial charge in [-0.3, -0.25) is 14.7 Å². The molecule has 0 radical (unpaired) electrons. The molecule has 2 aromatic rings. The first-order valence-electron chi connectivity index (χ1n) is 10.6. The molecule has 34 heavy (non-hydrogen) atoms. The lowest BCUT2D eigenvalue weighted by Crippen LogP contribution is -2.50. The Kier molecular flexibility index (Phi) is 8.68. The largest absolute Gasteiger partial charge is 0.490 e. The Labute approximate surface area is 194 Å². The number of halogens is 1. The molecule has 0 aliphatic carbocycles. The number of carbonyl (C=O) groups excluding carboxylic acids is 3. The van der Waals surface area contributed by atoms with Crippen LogP contribution in [-0.4, -0.2) is 84.1 Å². The van der Waals surface area contributed by atoms with Gasteiger partial charge in [0.1, 0.15) is 24.3 Å². The molecule has 0 spiro atoms. The van der Waals surface area contributed by atoms with Gasteiger partial charge in [0.2, 0.25) is 6.61 Å². The highest BCUT2D eigenvalue weighted by Gasteiger charge is 2.30. The van der Waals surface area contributed by atoms with Crippen molar-refractivity contribution < 1.29 is 37.8 Å². The summed E-state index contributed by atoms with van der Waals surface area (Å²) in [5.41, 5.74) is 0.363. The van der Waals surface area contributed by atoms with Crippen molar-refractivity contribution in [1.82, 2.24) is 15.1 Å². The highest BCUT2D eigenvalue weighted by Crippen LogP contribution is 2.21. The number of morpholine rings is 1. The number of aromatic nitrogens is 2. The normalized spacial score (nSPS) is 16.1. The predicted octanol–water partition coefficient (Wildman–Crippen LogP) is 1.34. The van der Waals surface area contributed by atoms with Crippen LogP contribution in [0.4, 0.5) is 4.39 Å². The summed E-state index contributed by atoms with van der Waals surface area (Å²) in [7, 11) is 0. The van der Waals surface area contributed by atoms with Gasteiger partial charge >= 0.3 is 5.97 Å². The van der Waals surface area contributed by atoms with Crippen LogP contribution in [-0.2, 0) is 23.9 Å². The lowest BCUT2D eigenvalue weighted by atomic mass is 10.1. The molecule has 3 rings (SSSR count). The number of H-pyrrole nitrogens is 1. The molecule has 1 saturated heterocycles. The standard InChI is InChI=1S/C22H25FN4O7/c1-3-31-20(29)13-34-26-21(18-6-7-24-25-18)22(30)27-8-9-32-16(11-27)12-33-19-5-4-15(23)10-17(19)14(2)28/h4-7,10,16H,3,8-9,11-13H2,1-2H3,(H,24,25)/b26-21+. The minimum Gasteiger partial charge on any atom is -0.490 e. The summed E-state index contributed by atoms with van der Waals surface area (Å²) in [6, 6.07) is 5.23. The second-order valence-electron chi connectivity index (χ2n) is 7.24. The number of nitrogens with zero attached hydrogens (tertiary/aromatic N) is 3. The molecule has 1 amide bonds. The quantitative estimate of drug-likeness (QED) is 0.235. The summed E-state index contributed by atoms with van der Waals surface area (Å²) in [6.07, 6.45) is 0.945. The van der Waals surface area contributed by atoms with Crippen molar-refractivity contribution in [1.29, 1.82) is 0 Å². The van der Waals surface area contributed by atoms with Crippen LogP contribution in [0.25, 0.3) is 0 Å². The van der Waals surface area contributed by atoms with Crippen molar-refractivity contribution in [2.45, 2.75) is 20.0 Å². The molecule has 12 heteroatoms. The maximum Gasteiger partial charge on any atom is 0.347 e. The number of hydrogen-bond acceptors (Lipinski definition) is 9. The van der Waals surface area contributed by atoms with Crippen molar-refractivity contribution in [2.24, 2.45) is 5.16 Å². The van der Waals surface area contributed by atoms with E-state index in [4.69, 9.17) is 19.0 Å². The molecule has 1 aliphatic heterocycles. The third-order valence-electron chi connectivity index (χ3n) is 4.77. The van der Waals surface area contributed by atoms with E-state index in [1.165, 1.54) is 30.2 Å². The Morgan fingerprint density at radius 3 is 2.85 bits per heavy atom. The molecule has 1 aromatic heterocycles. The van der Waals surface area contributed by atoms with Gasteiger partial charge in [-0.2, -0.15) is 5.10 Å². The van der Waals surface area contributed by atoms with Gasteiger partial charge in [-0.15, -0.1) is 0 Å². The molecule has 0 bridgehead atoms. The summed E-state index contributed by atoms with van der Waals surface area (Å²) in [5.74, 6) is -1.73. The highest BCUT2D eigenvalue weighted by atomic mass is 19.1. The van der Waals surface area contributed by atoms with Gasteiger partial charge in [0.05, 0.1) is 31.0 Å². The van der Waals surface area contributed by atoms with E-state index in [1.54, 1.807) is 13.0 Å². The summed E-state index contributed by atoms with van der Waals surface area (Å²) < 4.78 is 29.6. The number of benzene rings is 1. The number of Topliss-reactive ketones (excluding diaryl/α,β-unsaturated/α-hetero) is 1. The molecule has 1 fully saturated rings. The van der Waals surface area contributed by atoms with Crippen LogP contribution >= 0.6 is 0 Å². The molecular formula is C22H25FN4O7. The molecule has 1 N–H and O–H groups in total. The number of amides is 1. The molecular weight excluding hydrogens is 451 g/mol. The number of aromatic amines is 1. The van der Waals surface area contributed by atoms with Crippen LogP contribution < -0.4 is 4.74 Å². The third-order valence-corrected chi connectivity index (χ3v) is 4.77. The number of rotatable bonds is 10. The van der Waals surface area contributed by atoms with E-state index in [1.807, 2.05) is 0 Å². The Morgan fingerprint density at radius 2 is 2.15 bits per heavy atom. The van der Waals surface area contributed by atoms with Gasteiger partial charge in [0, 0.05) is 12.7 Å². The minimum atomic E-state index is -0.614. The zero-order chi connectivity index (χ0) is 24.5. The monoisotopic (exact) mass is 476 g/mol. The van der Waals surface area contributed by atoms with E-state index in [-0.39, 0.29) is 55.7 Å². The Hall–Kier alpha value is -3.80. The van der Waals surface area contributed by atoms with Crippen molar-refractivity contribution in [3.8, 4) is 5.75 Å². The zero-order valence-corrected chi connectivity index (χ0v) is 18.8. The Morgan fingerprint density at radius 1 is 1.32 bits per heavy atom. The van der Waals surface area contributed by atoms with Crippen LogP contribution in [0.3, 0.4) is 0 Å². The van der Waals surface area contributed by atoms with Gasteiger partial charge in [-0.1, -0.05) is 5.16 Å². The first-order valence-corrected chi connectivity index (χ1v) is 10.6. The molecule has 0 saturated carbocycles. The van der Waals surface area contributed by atoms with Crippen molar-refractivity contribution in [3.63, 3.8) is 0 Å². The molecule has 1 atom stereocenters. The van der Waals surface area contributed by atoms with Crippen molar-refractivity contribution in [3.05, 3.63) is 47.5 Å². The molecule has 11 nitrogen and oxygen atoms in total. The Balaban J connectivity index is 1.66. The summed E-state index contributed by atoms with van der Waals surface area (Å²) in [6.45, 7) is 3.45. The van der Waals surface area contributed by atoms with Crippen LogP contribution in [0.2, 0.25) is 0 Å². The number of esters is 1. The third kappa shape index (κ3) is 6.61. The maximum atomic E-state index is 13.5. The first-order chi connectivity index (χ1) is 16.4. The van der Waals surface area contributed by atoms with Gasteiger partial charge in [-0.05, 0) is 38.1 Å². The minimum absolute atomic E-state index is 0.0333. The number of ketones is 1. The van der Waals surface area contributed by atoms with Crippen LogP contribution in [0, 0.1) is 5.82 Å². The van der Waals surface area contributed by atoms with E-state index in [2.05, 4.69) is 15.4 Å². The van der Waals surface area contributed by atoms with E-state index >= 15 is 0 Å². The van der Waals surface area contributed by atoms with E-state index < -0.39 is 30.4 Å². The molecule has 182 valence electrons. The van der Waals surface area contributed by atoms with E-state index in [0.717, 1.165) is 6.07 Å². The lowest BCUT2D eigenvalue weighted by molar-refractivity contribution is -0.148. The average molecular weight is 476 g/mol. The average Bonchev–Trinajstić information content (AvgIpc) is 3.35. The fraction of sp³-hybridized carbons (Fsp3) is 0.409. The zero-order valence-electron chi connectivity index (χ0n) is 18.8. The Bertz CT molecular complexity index is 1040. The maximum absolute atomic E-state index is 13.5. The van der Waals surface area contributed by atoms with Crippen molar-refractivity contribution >= 4 is 23.4 Å². The molecule has 1 aromatic carbocycles. The number of nitrogens with one attached hydrogen (secondary N) is 1.